The molecule has 1 aliphatic rings. The van der Waals surface area contributed by atoms with E-state index in [1.807, 2.05) is 61.7 Å². The molecule has 9 heteroatoms. The van der Waals surface area contributed by atoms with Crippen LogP contribution in [0.15, 0.2) is 212 Å². The largest absolute Gasteiger partial charge is 0.383 e. The molecule has 9 nitrogen and oxygen atoms in total. The lowest BCUT2D eigenvalue weighted by atomic mass is 10.0. The maximum absolute atomic E-state index is 7.26. The number of hydrogen-bond donors (Lipinski definition) is 2. The number of benzene rings is 7. The van der Waals surface area contributed by atoms with Gasteiger partial charge in [0.05, 0.1) is 17.1 Å². The second-order valence-corrected chi connectivity index (χ2v) is 16.9. The summed E-state index contributed by atoms with van der Waals surface area (Å²) in [6, 6.07) is 67.2. The third kappa shape index (κ3) is 7.30. The Morgan fingerprint density at radius 1 is 0.493 bits per heavy atom. The fourth-order valence-corrected chi connectivity index (χ4v) is 9.59. The van der Waals surface area contributed by atoms with Crippen molar-refractivity contribution in [2.24, 2.45) is 0 Å². The maximum atomic E-state index is 7.26. The summed E-state index contributed by atoms with van der Waals surface area (Å²) >= 11 is 0. The van der Waals surface area contributed by atoms with Gasteiger partial charge in [-0.25, -0.2) is 19.9 Å². The van der Waals surface area contributed by atoms with Crippen LogP contribution in [-0.4, -0.2) is 40.2 Å². The van der Waals surface area contributed by atoms with E-state index in [1.54, 1.807) is 0 Å². The van der Waals surface area contributed by atoms with Gasteiger partial charge in [0.2, 0.25) is 0 Å². The molecule has 0 aliphatic carbocycles. The lowest BCUT2D eigenvalue weighted by molar-refractivity contribution is 1.05. The van der Waals surface area contributed by atoms with Crippen LogP contribution in [0.25, 0.3) is 108 Å². The summed E-state index contributed by atoms with van der Waals surface area (Å²) in [5.74, 6) is 3.57. The standard InChI is InChI=1S/C60H45N9/c1-2-20-49-55(61)67(52-32-15-12-27-46(52)40-21-6-3-7-22-40)56(64-49)43-37-44(57-65-50-30-18-35-62-59(50)68(57)53-33-16-13-28-47(53)41-23-8-4-9-24-41)39-45(38-43)58-66-51-31-19-36-63-60(51)69(58)54-34-17-14-29-48(54)42-25-10-5-11-26-42/h2-35,37-39,63H,36,61H2,1H3/b20-2-. The summed E-state index contributed by atoms with van der Waals surface area (Å²) in [7, 11) is 0. The number of para-hydroxylation sites is 3. The average molecular weight is 892 g/mol. The summed E-state index contributed by atoms with van der Waals surface area (Å²) in [6.45, 7) is 2.65. The van der Waals surface area contributed by atoms with Crippen LogP contribution in [0.5, 0.6) is 0 Å². The third-order valence-corrected chi connectivity index (χ3v) is 12.6. The quantitative estimate of drug-likeness (QED) is 0.142. The van der Waals surface area contributed by atoms with Crippen molar-refractivity contribution >= 4 is 35.0 Å². The minimum atomic E-state index is 0.523. The van der Waals surface area contributed by atoms with Gasteiger partial charge in [-0.3, -0.25) is 13.7 Å². The van der Waals surface area contributed by atoms with E-state index in [0.29, 0.717) is 29.7 Å². The predicted octanol–water partition coefficient (Wildman–Crippen LogP) is 13.8. The molecule has 0 radical (unpaired) electrons. The molecule has 0 bridgehead atoms. The summed E-state index contributed by atoms with van der Waals surface area (Å²) < 4.78 is 6.53. The van der Waals surface area contributed by atoms with Crippen LogP contribution in [0.2, 0.25) is 0 Å². The number of aromatic nitrogens is 7. The molecule has 0 spiro atoms. The van der Waals surface area contributed by atoms with Crippen LogP contribution in [0.3, 0.4) is 0 Å². The van der Waals surface area contributed by atoms with E-state index in [0.717, 1.165) is 95.6 Å². The zero-order valence-corrected chi connectivity index (χ0v) is 37.8. The number of anilines is 2. The number of nitrogens with two attached hydrogens (primary N) is 1. The van der Waals surface area contributed by atoms with Gasteiger partial charge in [0.15, 0.2) is 5.65 Å². The number of rotatable bonds is 10. The molecule has 11 aromatic rings. The molecular formula is C60H45N9. The zero-order valence-electron chi connectivity index (χ0n) is 37.8. The molecule has 0 amide bonds. The second kappa shape index (κ2) is 17.5. The molecule has 7 aromatic carbocycles. The molecule has 1 aliphatic heterocycles. The Balaban J connectivity index is 1.18. The van der Waals surface area contributed by atoms with Gasteiger partial charge in [0, 0.05) is 46.1 Å². The molecule has 330 valence electrons. The molecule has 3 N–H and O–H groups in total. The second-order valence-electron chi connectivity index (χ2n) is 16.9. The average Bonchev–Trinajstić information content (AvgIpc) is 4.11. The van der Waals surface area contributed by atoms with Crippen molar-refractivity contribution in [3.8, 4) is 84.6 Å². The van der Waals surface area contributed by atoms with Gasteiger partial charge in [-0.15, -0.1) is 0 Å². The smallest absolute Gasteiger partial charge is 0.164 e. The number of nitrogens with one attached hydrogen (secondary N) is 1. The van der Waals surface area contributed by atoms with E-state index < -0.39 is 0 Å². The predicted molar refractivity (Wildman–Crippen MR) is 282 cm³/mol. The fraction of sp³-hybridized carbons (Fsp3) is 0.0333. The first kappa shape index (κ1) is 41.1. The lowest BCUT2D eigenvalue weighted by Gasteiger charge is -2.19. The number of allylic oxidation sites excluding steroid dienone is 1. The Hall–Kier alpha value is -9.34. The van der Waals surface area contributed by atoms with Crippen molar-refractivity contribution in [1.82, 2.24) is 33.6 Å². The number of imidazole rings is 3. The molecule has 0 saturated heterocycles. The molecule has 5 heterocycles. The van der Waals surface area contributed by atoms with Crippen molar-refractivity contribution in [3.05, 3.63) is 224 Å². The Morgan fingerprint density at radius 2 is 0.971 bits per heavy atom. The summed E-state index contributed by atoms with van der Waals surface area (Å²) in [5.41, 5.74) is 22.1. The first-order valence-electron chi connectivity index (χ1n) is 23.1. The van der Waals surface area contributed by atoms with Crippen molar-refractivity contribution in [2.45, 2.75) is 6.92 Å². The Kier molecular flexibility index (Phi) is 10.4. The monoisotopic (exact) mass is 891 g/mol. The minimum Gasteiger partial charge on any atom is -0.383 e. The van der Waals surface area contributed by atoms with Crippen LogP contribution >= 0.6 is 0 Å². The SMILES string of the molecule is C/C=C\c1nc(-c2cc(-c3nc4c(n3-c3ccccc3-c3ccccc3)NCC=C4)cc(-c3nc4cccnc4n3-c3ccccc3-c3ccccc3)c2)n(-c2ccccc2-c2ccccc2)c1N. The van der Waals surface area contributed by atoms with Crippen LogP contribution in [0.1, 0.15) is 18.3 Å². The van der Waals surface area contributed by atoms with Crippen LogP contribution in [-0.2, 0) is 0 Å². The van der Waals surface area contributed by atoms with E-state index in [1.165, 1.54) is 0 Å². The van der Waals surface area contributed by atoms with Crippen LogP contribution in [0.4, 0.5) is 11.6 Å². The number of nitrogen functional groups attached to an aromatic ring is 1. The highest BCUT2D eigenvalue weighted by molar-refractivity contribution is 5.89. The van der Waals surface area contributed by atoms with Crippen LogP contribution < -0.4 is 11.1 Å². The van der Waals surface area contributed by atoms with E-state index in [9.17, 15) is 0 Å². The number of fused-ring (bicyclic) bond motifs is 2. The third-order valence-electron chi connectivity index (χ3n) is 12.6. The fourth-order valence-electron chi connectivity index (χ4n) is 9.59. The molecule has 12 rings (SSSR count). The highest BCUT2D eigenvalue weighted by Gasteiger charge is 2.27. The lowest BCUT2D eigenvalue weighted by Crippen LogP contribution is -2.10. The van der Waals surface area contributed by atoms with Gasteiger partial charge in [0.1, 0.15) is 46.0 Å². The maximum Gasteiger partial charge on any atom is 0.164 e. The molecule has 0 atom stereocenters. The van der Waals surface area contributed by atoms with Gasteiger partial charge in [-0.2, -0.15) is 0 Å². The molecule has 4 aromatic heterocycles. The summed E-state index contributed by atoms with van der Waals surface area (Å²) in [6.07, 6.45) is 9.99. The molecule has 0 fully saturated rings. The highest BCUT2D eigenvalue weighted by Crippen LogP contribution is 2.43. The number of nitrogens with zero attached hydrogens (tertiary/aromatic N) is 7. The van der Waals surface area contributed by atoms with Gasteiger partial charge in [0.25, 0.3) is 0 Å². The zero-order chi connectivity index (χ0) is 46.3. The van der Waals surface area contributed by atoms with E-state index in [4.69, 9.17) is 25.7 Å². The van der Waals surface area contributed by atoms with Gasteiger partial charge in [-0.1, -0.05) is 158 Å². The highest BCUT2D eigenvalue weighted by atomic mass is 15.2. The van der Waals surface area contributed by atoms with Crippen LogP contribution in [0, 0.1) is 0 Å². The molecule has 69 heavy (non-hydrogen) atoms. The Labute approximate surface area is 399 Å². The summed E-state index contributed by atoms with van der Waals surface area (Å²) in [5, 5.41) is 3.69. The normalized spacial score (nSPS) is 12.1. The van der Waals surface area contributed by atoms with Crippen molar-refractivity contribution in [1.29, 1.82) is 0 Å². The summed E-state index contributed by atoms with van der Waals surface area (Å²) in [4.78, 5) is 21.3. The van der Waals surface area contributed by atoms with E-state index in [-0.39, 0.29) is 0 Å². The van der Waals surface area contributed by atoms with Gasteiger partial charge >= 0.3 is 0 Å². The first-order chi connectivity index (χ1) is 34.1. The van der Waals surface area contributed by atoms with Crippen molar-refractivity contribution < 1.29 is 0 Å². The Morgan fingerprint density at radius 3 is 1.52 bits per heavy atom. The van der Waals surface area contributed by atoms with Crippen molar-refractivity contribution in [2.75, 3.05) is 17.6 Å². The number of pyridine rings is 1. The van der Waals surface area contributed by atoms with Gasteiger partial charge in [-0.05, 0) is 84.3 Å². The number of hydrogen-bond acceptors (Lipinski definition) is 6. The van der Waals surface area contributed by atoms with E-state index in [2.05, 4.69) is 189 Å². The topological polar surface area (TPSA) is 104 Å². The molecule has 0 saturated carbocycles. The molecular weight excluding hydrogens is 847 g/mol. The Bertz CT molecular complexity index is 3750. The molecule has 0 unspecified atom stereocenters. The minimum absolute atomic E-state index is 0.523. The first-order valence-corrected chi connectivity index (χ1v) is 23.1. The van der Waals surface area contributed by atoms with E-state index >= 15 is 0 Å². The van der Waals surface area contributed by atoms with Gasteiger partial charge < -0.3 is 11.1 Å². The van der Waals surface area contributed by atoms with Crippen molar-refractivity contribution in [3.63, 3.8) is 0 Å².